The zero-order valence-electron chi connectivity index (χ0n) is 17.6. The van der Waals surface area contributed by atoms with E-state index in [1.54, 1.807) is 10.8 Å². The van der Waals surface area contributed by atoms with Gasteiger partial charge in [0, 0.05) is 17.3 Å². The summed E-state index contributed by atoms with van der Waals surface area (Å²) in [5.74, 6) is -0.421. The second-order valence-corrected chi connectivity index (χ2v) is 7.35. The summed E-state index contributed by atoms with van der Waals surface area (Å²) in [5.41, 5.74) is 4.19. The van der Waals surface area contributed by atoms with Gasteiger partial charge in [0.1, 0.15) is 11.6 Å². The van der Waals surface area contributed by atoms with Crippen molar-refractivity contribution in [2.45, 2.75) is 13.0 Å². The van der Waals surface area contributed by atoms with E-state index in [2.05, 4.69) is 5.32 Å². The lowest BCUT2D eigenvalue weighted by atomic mass is 10.1. The standard InChI is InChI=1S/C27H22N4O/c1-20(21-11-5-2-6-12-21)29-27(32)23(18-28)17-24-19-31(25-15-9-4-10-16-25)30-26(24)22-13-7-3-8-14-22/h2-17,19-20H,1H3,(H,29,32)/b23-17+. The molecule has 1 atom stereocenters. The predicted molar refractivity (Wildman–Crippen MR) is 126 cm³/mol. The van der Waals surface area contributed by atoms with Gasteiger partial charge in [-0.3, -0.25) is 4.79 Å². The van der Waals surface area contributed by atoms with Crippen LogP contribution in [-0.4, -0.2) is 15.7 Å². The molecule has 1 aromatic heterocycles. The molecule has 3 aromatic carbocycles. The average Bonchev–Trinajstić information content (AvgIpc) is 3.28. The minimum atomic E-state index is -0.421. The van der Waals surface area contributed by atoms with Gasteiger partial charge in [-0.15, -0.1) is 0 Å². The number of hydrogen-bond donors (Lipinski definition) is 1. The summed E-state index contributed by atoms with van der Waals surface area (Å²) in [6, 6.07) is 30.9. The van der Waals surface area contributed by atoms with E-state index in [1.807, 2.05) is 110 Å². The Morgan fingerprint density at radius 2 is 1.56 bits per heavy atom. The van der Waals surface area contributed by atoms with Crippen molar-refractivity contribution < 1.29 is 4.79 Å². The van der Waals surface area contributed by atoms with Gasteiger partial charge in [-0.05, 0) is 30.7 Å². The van der Waals surface area contributed by atoms with Gasteiger partial charge in [0.25, 0.3) is 5.91 Å². The first kappa shape index (κ1) is 20.8. The molecular formula is C27H22N4O. The summed E-state index contributed by atoms with van der Waals surface area (Å²) < 4.78 is 1.76. The van der Waals surface area contributed by atoms with Crippen LogP contribution in [0.15, 0.2) is 103 Å². The van der Waals surface area contributed by atoms with Crippen molar-refractivity contribution in [3.05, 3.63) is 114 Å². The SMILES string of the molecule is CC(NC(=O)/C(C#N)=C/c1cn(-c2ccccc2)nc1-c1ccccc1)c1ccccc1. The van der Waals surface area contributed by atoms with Crippen LogP contribution in [0.25, 0.3) is 23.0 Å². The molecule has 1 heterocycles. The number of amides is 1. The fourth-order valence-electron chi connectivity index (χ4n) is 3.43. The maximum Gasteiger partial charge on any atom is 0.262 e. The number of hydrogen-bond acceptors (Lipinski definition) is 3. The van der Waals surface area contributed by atoms with Gasteiger partial charge in [-0.2, -0.15) is 10.4 Å². The van der Waals surface area contributed by atoms with Crippen LogP contribution in [0.5, 0.6) is 0 Å². The number of nitrogens with zero attached hydrogens (tertiary/aromatic N) is 3. The average molecular weight is 419 g/mol. The number of nitrogens with one attached hydrogen (secondary N) is 1. The first-order valence-electron chi connectivity index (χ1n) is 10.3. The lowest BCUT2D eigenvalue weighted by molar-refractivity contribution is -0.117. The highest BCUT2D eigenvalue weighted by atomic mass is 16.1. The Kier molecular flexibility index (Phi) is 6.24. The minimum Gasteiger partial charge on any atom is -0.345 e. The molecule has 0 radical (unpaired) electrons. The van der Waals surface area contributed by atoms with E-state index in [0.717, 1.165) is 16.8 Å². The Bertz CT molecular complexity index is 1270. The number of carbonyl (C=O) groups is 1. The molecule has 1 unspecified atom stereocenters. The zero-order valence-corrected chi connectivity index (χ0v) is 17.6. The zero-order chi connectivity index (χ0) is 22.3. The number of carbonyl (C=O) groups excluding carboxylic acids is 1. The van der Waals surface area contributed by atoms with Gasteiger partial charge in [-0.25, -0.2) is 4.68 Å². The van der Waals surface area contributed by atoms with E-state index in [9.17, 15) is 10.1 Å². The largest absolute Gasteiger partial charge is 0.345 e. The Hall–Kier alpha value is -4.43. The molecule has 5 heteroatoms. The smallest absolute Gasteiger partial charge is 0.262 e. The number of aromatic nitrogens is 2. The number of para-hydroxylation sites is 1. The van der Waals surface area contributed by atoms with E-state index < -0.39 is 5.91 Å². The van der Waals surface area contributed by atoms with Crippen molar-refractivity contribution in [2.75, 3.05) is 0 Å². The number of benzene rings is 3. The van der Waals surface area contributed by atoms with Gasteiger partial charge < -0.3 is 5.32 Å². The fraction of sp³-hybridized carbons (Fsp3) is 0.0741. The molecule has 1 N–H and O–H groups in total. The lowest BCUT2D eigenvalue weighted by Crippen LogP contribution is -2.27. The summed E-state index contributed by atoms with van der Waals surface area (Å²) in [6.07, 6.45) is 3.44. The van der Waals surface area contributed by atoms with Crippen LogP contribution in [0.1, 0.15) is 24.1 Å². The number of rotatable bonds is 6. The van der Waals surface area contributed by atoms with Gasteiger partial charge in [0.15, 0.2) is 0 Å². The Morgan fingerprint density at radius 3 is 2.19 bits per heavy atom. The van der Waals surface area contributed by atoms with Crippen LogP contribution in [0.4, 0.5) is 0 Å². The molecule has 0 bridgehead atoms. The van der Waals surface area contributed by atoms with Crippen LogP contribution in [0.2, 0.25) is 0 Å². The third-order valence-corrected chi connectivity index (χ3v) is 5.12. The molecule has 0 saturated carbocycles. The molecule has 1 amide bonds. The lowest BCUT2D eigenvalue weighted by Gasteiger charge is -2.13. The molecule has 4 rings (SSSR count). The van der Waals surface area contributed by atoms with Crippen LogP contribution < -0.4 is 5.32 Å². The fourth-order valence-corrected chi connectivity index (χ4v) is 3.43. The molecule has 0 aliphatic heterocycles. The van der Waals surface area contributed by atoms with E-state index in [4.69, 9.17) is 5.10 Å². The molecule has 0 aliphatic rings. The van der Waals surface area contributed by atoms with Gasteiger partial charge >= 0.3 is 0 Å². The topological polar surface area (TPSA) is 70.7 Å². The summed E-state index contributed by atoms with van der Waals surface area (Å²) in [4.78, 5) is 12.9. The first-order chi connectivity index (χ1) is 15.7. The van der Waals surface area contributed by atoms with Crippen molar-refractivity contribution in [1.29, 1.82) is 5.26 Å². The summed E-state index contributed by atoms with van der Waals surface area (Å²) in [5, 5.41) is 17.4. The highest BCUT2D eigenvalue weighted by Crippen LogP contribution is 2.26. The van der Waals surface area contributed by atoms with Crippen molar-refractivity contribution in [3.8, 4) is 23.0 Å². The third-order valence-electron chi connectivity index (χ3n) is 5.12. The molecule has 156 valence electrons. The van der Waals surface area contributed by atoms with Crippen molar-refractivity contribution in [3.63, 3.8) is 0 Å². The van der Waals surface area contributed by atoms with Crippen LogP contribution in [0, 0.1) is 11.3 Å². The van der Waals surface area contributed by atoms with Crippen LogP contribution in [0.3, 0.4) is 0 Å². The Labute approximate surface area is 187 Å². The molecule has 0 fully saturated rings. The van der Waals surface area contributed by atoms with E-state index in [1.165, 1.54) is 0 Å². The molecule has 5 nitrogen and oxygen atoms in total. The van der Waals surface area contributed by atoms with Gasteiger partial charge in [-0.1, -0.05) is 78.9 Å². The predicted octanol–water partition coefficient (Wildman–Crippen LogP) is 5.32. The highest BCUT2D eigenvalue weighted by molar-refractivity contribution is 6.02. The Morgan fingerprint density at radius 1 is 0.969 bits per heavy atom. The summed E-state index contributed by atoms with van der Waals surface area (Å²) in [7, 11) is 0. The monoisotopic (exact) mass is 418 g/mol. The Balaban J connectivity index is 1.69. The summed E-state index contributed by atoms with van der Waals surface area (Å²) >= 11 is 0. The molecule has 0 saturated heterocycles. The molecule has 4 aromatic rings. The van der Waals surface area contributed by atoms with Crippen LogP contribution >= 0.6 is 0 Å². The molecule has 32 heavy (non-hydrogen) atoms. The highest BCUT2D eigenvalue weighted by Gasteiger charge is 2.17. The normalized spacial score (nSPS) is 12.1. The second kappa shape index (κ2) is 9.59. The molecule has 0 spiro atoms. The minimum absolute atomic E-state index is 0.0255. The first-order valence-corrected chi connectivity index (χ1v) is 10.3. The quantitative estimate of drug-likeness (QED) is 0.340. The van der Waals surface area contributed by atoms with Gasteiger partial charge in [0.2, 0.25) is 0 Å². The van der Waals surface area contributed by atoms with Crippen molar-refractivity contribution in [2.24, 2.45) is 0 Å². The van der Waals surface area contributed by atoms with E-state index >= 15 is 0 Å². The molecular weight excluding hydrogens is 396 g/mol. The third kappa shape index (κ3) is 4.66. The van der Waals surface area contributed by atoms with Crippen molar-refractivity contribution in [1.82, 2.24) is 15.1 Å². The van der Waals surface area contributed by atoms with Gasteiger partial charge in [0.05, 0.1) is 17.4 Å². The number of nitriles is 1. The maximum atomic E-state index is 12.9. The van der Waals surface area contributed by atoms with Crippen molar-refractivity contribution >= 4 is 12.0 Å². The molecule has 0 aliphatic carbocycles. The van der Waals surface area contributed by atoms with E-state index in [-0.39, 0.29) is 11.6 Å². The summed E-state index contributed by atoms with van der Waals surface area (Å²) in [6.45, 7) is 1.89. The van der Waals surface area contributed by atoms with E-state index in [0.29, 0.717) is 11.3 Å². The maximum absolute atomic E-state index is 12.9. The van der Waals surface area contributed by atoms with Crippen LogP contribution in [-0.2, 0) is 4.79 Å². The second-order valence-electron chi connectivity index (χ2n) is 7.35.